The van der Waals surface area contributed by atoms with E-state index in [2.05, 4.69) is 25.7 Å². The van der Waals surface area contributed by atoms with E-state index in [0.717, 1.165) is 31.8 Å². The van der Waals surface area contributed by atoms with Crippen molar-refractivity contribution in [1.29, 1.82) is 0 Å². The van der Waals surface area contributed by atoms with Gasteiger partial charge in [-0.3, -0.25) is 9.69 Å². The Labute approximate surface area is 111 Å². The van der Waals surface area contributed by atoms with Crippen LogP contribution in [0.25, 0.3) is 0 Å². The fourth-order valence-corrected chi connectivity index (χ4v) is 3.52. The van der Waals surface area contributed by atoms with Crippen LogP contribution in [-0.2, 0) is 4.79 Å². The summed E-state index contributed by atoms with van der Waals surface area (Å²) in [5.41, 5.74) is 0.391. The monoisotopic (exact) mass is 253 g/mol. The van der Waals surface area contributed by atoms with Crippen LogP contribution in [0, 0.1) is 17.3 Å². The van der Waals surface area contributed by atoms with E-state index in [0.29, 0.717) is 11.5 Å². The number of likely N-dealkylation sites (tertiary alicyclic amines) is 1. The number of hydrogen-bond donors (Lipinski definition) is 1. The Morgan fingerprint density at radius 1 is 1.11 bits per heavy atom. The third-order valence-electron chi connectivity index (χ3n) is 5.01. The number of nitrogens with zero attached hydrogens (tertiary/aromatic N) is 1. The van der Waals surface area contributed by atoms with Gasteiger partial charge in [-0.05, 0) is 56.5 Å². The maximum absolute atomic E-state index is 11.1. The zero-order chi connectivity index (χ0) is 13.3. The molecule has 0 radical (unpaired) electrons. The molecule has 3 atom stereocenters. The van der Waals surface area contributed by atoms with Gasteiger partial charge in [0.25, 0.3) is 0 Å². The van der Waals surface area contributed by atoms with E-state index in [1.54, 1.807) is 0 Å². The summed E-state index contributed by atoms with van der Waals surface area (Å²) in [4.78, 5) is 13.6. The van der Waals surface area contributed by atoms with Crippen LogP contribution in [0.2, 0.25) is 0 Å². The standard InChI is InChI=1S/C15H27NO2/c1-15(2,3)11-5-4-9-16(10-8-11)13-7-6-12(13)14(17)18/h11-13H,4-10H2,1-3H3,(H,17,18). The lowest BCUT2D eigenvalue weighted by molar-refractivity contribution is -0.149. The number of carboxylic acid groups (broad SMARTS) is 1. The van der Waals surface area contributed by atoms with E-state index in [1.165, 1.54) is 19.3 Å². The van der Waals surface area contributed by atoms with Crippen molar-refractivity contribution < 1.29 is 9.90 Å². The van der Waals surface area contributed by atoms with Crippen LogP contribution < -0.4 is 0 Å². The summed E-state index contributed by atoms with van der Waals surface area (Å²) < 4.78 is 0. The Morgan fingerprint density at radius 2 is 1.83 bits per heavy atom. The van der Waals surface area contributed by atoms with E-state index >= 15 is 0 Å². The zero-order valence-corrected chi connectivity index (χ0v) is 12.0. The van der Waals surface area contributed by atoms with Crippen molar-refractivity contribution in [2.75, 3.05) is 13.1 Å². The highest BCUT2D eigenvalue weighted by Crippen LogP contribution is 2.38. The second-order valence-electron chi connectivity index (χ2n) is 7.12. The Hall–Kier alpha value is -0.570. The molecule has 0 bridgehead atoms. The number of carboxylic acids is 1. The molecule has 0 aromatic carbocycles. The van der Waals surface area contributed by atoms with Crippen molar-refractivity contribution >= 4 is 5.97 Å². The summed E-state index contributed by atoms with van der Waals surface area (Å²) in [7, 11) is 0. The minimum atomic E-state index is -0.595. The van der Waals surface area contributed by atoms with E-state index in [4.69, 9.17) is 5.11 Å². The third kappa shape index (κ3) is 2.87. The largest absolute Gasteiger partial charge is 0.481 e. The summed E-state index contributed by atoms with van der Waals surface area (Å²) in [5, 5.41) is 9.16. The van der Waals surface area contributed by atoms with Crippen LogP contribution in [-0.4, -0.2) is 35.1 Å². The van der Waals surface area contributed by atoms with Crippen molar-refractivity contribution in [1.82, 2.24) is 4.90 Å². The Kier molecular flexibility index (Phi) is 4.00. The third-order valence-corrected chi connectivity index (χ3v) is 5.01. The lowest BCUT2D eigenvalue weighted by atomic mass is 9.76. The number of hydrogen-bond acceptors (Lipinski definition) is 2. The van der Waals surface area contributed by atoms with Crippen molar-refractivity contribution in [3.05, 3.63) is 0 Å². The van der Waals surface area contributed by atoms with E-state index in [1.807, 2.05) is 0 Å². The molecule has 0 aromatic rings. The lowest BCUT2D eigenvalue weighted by Crippen LogP contribution is -2.50. The van der Waals surface area contributed by atoms with Crippen molar-refractivity contribution in [3.63, 3.8) is 0 Å². The fraction of sp³-hybridized carbons (Fsp3) is 0.933. The van der Waals surface area contributed by atoms with E-state index in [-0.39, 0.29) is 5.92 Å². The molecule has 1 saturated carbocycles. The van der Waals surface area contributed by atoms with Gasteiger partial charge in [0, 0.05) is 6.04 Å². The number of aliphatic carboxylic acids is 1. The molecule has 1 N–H and O–H groups in total. The normalized spacial score (nSPS) is 34.7. The predicted octanol–water partition coefficient (Wildman–Crippen LogP) is 3.00. The first-order valence-corrected chi connectivity index (χ1v) is 7.36. The molecule has 1 aliphatic heterocycles. The van der Waals surface area contributed by atoms with Gasteiger partial charge >= 0.3 is 5.97 Å². The summed E-state index contributed by atoms with van der Waals surface area (Å²) in [6.45, 7) is 9.18. The second-order valence-corrected chi connectivity index (χ2v) is 7.12. The first kappa shape index (κ1) is 13.9. The van der Waals surface area contributed by atoms with Crippen LogP contribution in [0.5, 0.6) is 0 Å². The highest BCUT2D eigenvalue weighted by atomic mass is 16.4. The predicted molar refractivity (Wildman–Crippen MR) is 72.5 cm³/mol. The van der Waals surface area contributed by atoms with Gasteiger partial charge < -0.3 is 5.11 Å². The van der Waals surface area contributed by atoms with Gasteiger partial charge in [-0.2, -0.15) is 0 Å². The molecule has 1 heterocycles. The molecule has 2 fully saturated rings. The highest BCUT2D eigenvalue weighted by Gasteiger charge is 2.41. The van der Waals surface area contributed by atoms with Gasteiger partial charge in [0.05, 0.1) is 5.92 Å². The van der Waals surface area contributed by atoms with Crippen molar-refractivity contribution in [2.24, 2.45) is 17.3 Å². The Bertz CT molecular complexity index is 308. The summed E-state index contributed by atoms with van der Waals surface area (Å²) in [6.07, 6.45) is 5.71. The van der Waals surface area contributed by atoms with Gasteiger partial charge in [0.2, 0.25) is 0 Å². The molecule has 3 unspecified atom stereocenters. The van der Waals surface area contributed by atoms with Gasteiger partial charge in [0.1, 0.15) is 0 Å². The van der Waals surface area contributed by atoms with Crippen LogP contribution in [0.3, 0.4) is 0 Å². The van der Waals surface area contributed by atoms with Gasteiger partial charge in [0.15, 0.2) is 0 Å². The first-order chi connectivity index (χ1) is 8.39. The average Bonchev–Trinajstić information content (AvgIpc) is 2.39. The van der Waals surface area contributed by atoms with E-state index in [9.17, 15) is 4.79 Å². The maximum Gasteiger partial charge on any atom is 0.308 e. The lowest BCUT2D eigenvalue weighted by Gasteiger charge is -2.42. The molecule has 3 heteroatoms. The SMILES string of the molecule is CC(C)(C)C1CCCN(C2CCC2C(=O)O)CC1. The molecule has 0 amide bonds. The van der Waals surface area contributed by atoms with Crippen LogP contribution in [0.4, 0.5) is 0 Å². The van der Waals surface area contributed by atoms with E-state index < -0.39 is 5.97 Å². The second kappa shape index (κ2) is 5.20. The maximum atomic E-state index is 11.1. The highest BCUT2D eigenvalue weighted by molar-refractivity contribution is 5.72. The van der Waals surface area contributed by atoms with Gasteiger partial charge in [-0.1, -0.05) is 20.8 Å². The molecule has 1 aliphatic carbocycles. The van der Waals surface area contributed by atoms with Gasteiger partial charge in [-0.15, -0.1) is 0 Å². The quantitative estimate of drug-likeness (QED) is 0.822. The summed E-state index contributed by atoms with van der Waals surface area (Å²) in [5.74, 6) is 0.0879. The molecule has 1 saturated heterocycles. The number of rotatable bonds is 2. The smallest absolute Gasteiger partial charge is 0.308 e. The van der Waals surface area contributed by atoms with Crippen LogP contribution >= 0.6 is 0 Å². The van der Waals surface area contributed by atoms with Gasteiger partial charge in [-0.25, -0.2) is 0 Å². The number of carbonyl (C=O) groups is 1. The molecule has 0 aromatic heterocycles. The minimum Gasteiger partial charge on any atom is -0.481 e. The molecule has 3 nitrogen and oxygen atoms in total. The molecule has 104 valence electrons. The van der Waals surface area contributed by atoms with Crippen LogP contribution in [0.1, 0.15) is 52.9 Å². The van der Waals surface area contributed by atoms with Crippen molar-refractivity contribution in [2.45, 2.75) is 58.9 Å². The molecule has 0 spiro atoms. The Morgan fingerprint density at radius 3 is 2.33 bits per heavy atom. The molecular formula is C15H27NO2. The molecule has 18 heavy (non-hydrogen) atoms. The molecule has 2 rings (SSSR count). The van der Waals surface area contributed by atoms with Crippen molar-refractivity contribution in [3.8, 4) is 0 Å². The molecular weight excluding hydrogens is 226 g/mol. The summed E-state index contributed by atoms with van der Waals surface area (Å²) >= 11 is 0. The van der Waals surface area contributed by atoms with Crippen LogP contribution in [0.15, 0.2) is 0 Å². The fourth-order valence-electron chi connectivity index (χ4n) is 3.52. The first-order valence-electron chi connectivity index (χ1n) is 7.36. The average molecular weight is 253 g/mol. The topological polar surface area (TPSA) is 40.5 Å². The zero-order valence-electron chi connectivity index (χ0n) is 12.0. The Balaban J connectivity index is 1.91. The summed E-state index contributed by atoms with van der Waals surface area (Å²) in [6, 6.07) is 0.321. The minimum absolute atomic E-state index is 0.101. The molecule has 2 aliphatic rings.